The molecule has 0 aromatic carbocycles. The quantitative estimate of drug-likeness (QED) is 0.574. The third kappa shape index (κ3) is 1.04. The number of rotatable bonds is 0. The largest absolute Gasteiger partial charge is 0.327 e. The van der Waals surface area contributed by atoms with Gasteiger partial charge in [0.1, 0.15) is 6.04 Å². The number of carbonyl (C=O) groups excluding carboxylic acids is 1. The Morgan fingerprint density at radius 2 is 2.43 bits per heavy atom. The van der Waals surface area contributed by atoms with E-state index in [1.54, 1.807) is 0 Å². The SMILES string of the molecule is O=C1CC2CCCN=C2C2=CNNC12. The van der Waals surface area contributed by atoms with Crippen molar-refractivity contribution in [2.75, 3.05) is 6.54 Å². The normalized spacial score (nSPS) is 35.3. The Balaban J connectivity index is 2.01. The van der Waals surface area contributed by atoms with Gasteiger partial charge in [0.25, 0.3) is 0 Å². The second-order valence-electron chi connectivity index (χ2n) is 4.10. The van der Waals surface area contributed by atoms with Crippen LogP contribution in [0.4, 0.5) is 0 Å². The molecule has 1 fully saturated rings. The topological polar surface area (TPSA) is 53.5 Å². The summed E-state index contributed by atoms with van der Waals surface area (Å²) >= 11 is 0. The van der Waals surface area contributed by atoms with Gasteiger partial charge in [0, 0.05) is 36.4 Å². The highest BCUT2D eigenvalue weighted by molar-refractivity contribution is 6.13. The van der Waals surface area contributed by atoms with Crippen LogP contribution in [0.2, 0.25) is 0 Å². The molecule has 0 radical (unpaired) electrons. The molecule has 2 N–H and O–H groups in total. The van der Waals surface area contributed by atoms with E-state index in [4.69, 9.17) is 0 Å². The zero-order chi connectivity index (χ0) is 9.54. The number of hydrogen-bond acceptors (Lipinski definition) is 4. The minimum atomic E-state index is -0.136. The average Bonchev–Trinajstić information content (AvgIpc) is 2.67. The van der Waals surface area contributed by atoms with E-state index in [1.807, 2.05) is 6.20 Å². The summed E-state index contributed by atoms with van der Waals surface area (Å²) in [6, 6.07) is -0.136. The Kier molecular flexibility index (Phi) is 1.70. The maximum Gasteiger partial charge on any atom is 0.156 e. The standard InChI is InChI=1S/C10H13N3O/c14-8-4-6-2-1-3-11-9(6)7-5-12-13-10(7)8/h5-6,10,12-13H,1-4H2. The molecule has 1 aliphatic carbocycles. The number of Topliss-reactive ketones (excluding diaryl/α,β-unsaturated/α-hetero) is 1. The molecular weight excluding hydrogens is 178 g/mol. The molecule has 2 unspecified atom stereocenters. The molecule has 74 valence electrons. The van der Waals surface area contributed by atoms with Crippen LogP contribution in [0.5, 0.6) is 0 Å². The van der Waals surface area contributed by atoms with Crippen LogP contribution >= 0.6 is 0 Å². The molecule has 4 heteroatoms. The number of hydrogen-bond donors (Lipinski definition) is 2. The molecule has 1 saturated carbocycles. The lowest BCUT2D eigenvalue weighted by Crippen LogP contribution is -2.46. The summed E-state index contributed by atoms with van der Waals surface area (Å²) in [6.45, 7) is 0.921. The maximum atomic E-state index is 11.7. The van der Waals surface area contributed by atoms with Crippen LogP contribution in [0.3, 0.4) is 0 Å². The van der Waals surface area contributed by atoms with Crippen LogP contribution in [-0.4, -0.2) is 24.1 Å². The molecule has 4 nitrogen and oxygen atoms in total. The van der Waals surface area contributed by atoms with E-state index in [0.29, 0.717) is 18.1 Å². The second-order valence-corrected chi connectivity index (χ2v) is 4.10. The smallest absolute Gasteiger partial charge is 0.156 e. The van der Waals surface area contributed by atoms with Crippen LogP contribution in [0.1, 0.15) is 19.3 Å². The van der Waals surface area contributed by atoms with Gasteiger partial charge in [-0.1, -0.05) is 0 Å². The van der Waals surface area contributed by atoms with Crippen molar-refractivity contribution in [2.45, 2.75) is 25.3 Å². The highest BCUT2D eigenvalue weighted by atomic mass is 16.1. The van der Waals surface area contributed by atoms with Crippen molar-refractivity contribution in [3.05, 3.63) is 11.8 Å². The van der Waals surface area contributed by atoms with Crippen molar-refractivity contribution in [3.8, 4) is 0 Å². The molecule has 14 heavy (non-hydrogen) atoms. The van der Waals surface area contributed by atoms with Crippen LogP contribution < -0.4 is 10.9 Å². The van der Waals surface area contributed by atoms with Gasteiger partial charge in [-0.3, -0.25) is 9.79 Å². The summed E-state index contributed by atoms with van der Waals surface area (Å²) in [5, 5.41) is 0. The van der Waals surface area contributed by atoms with E-state index in [0.717, 1.165) is 25.0 Å². The highest BCUT2D eigenvalue weighted by Crippen LogP contribution is 2.31. The molecule has 0 saturated heterocycles. The Bertz CT molecular complexity index is 345. The first-order chi connectivity index (χ1) is 6.86. The molecule has 0 spiro atoms. The number of ketones is 1. The summed E-state index contributed by atoms with van der Waals surface area (Å²) < 4.78 is 0. The zero-order valence-corrected chi connectivity index (χ0v) is 7.92. The molecule has 2 atom stereocenters. The summed E-state index contributed by atoms with van der Waals surface area (Å²) in [6.07, 6.45) is 4.79. The van der Waals surface area contributed by atoms with Crippen molar-refractivity contribution in [3.63, 3.8) is 0 Å². The second kappa shape index (κ2) is 2.92. The lowest BCUT2D eigenvalue weighted by molar-refractivity contribution is -0.121. The van der Waals surface area contributed by atoms with Crippen molar-refractivity contribution in [1.29, 1.82) is 0 Å². The third-order valence-electron chi connectivity index (χ3n) is 3.21. The van der Waals surface area contributed by atoms with Gasteiger partial charge in [-0.2, -0.15) is 0 Å². The summed E-state index contributed by atoms with van der Waals surface area (Å²) in [5.41, 5.74) is 8.12. The van der Waals surface area contributed by atoms with Crippen LogP contribution in [0.25, 0.3) is 0 Å². The van der Waals surface area contributed by atoms with E-state index < -0.39 is 0 Å². The molecule has 3 aliphatic rings. The van der Waals surface area contributed by atoms with E-state index in [-0.39, 0.29) is 6.04 Å². The van der Waals surface area contributed by atoms with Gasteiger partial charge in [0.2, 0.25) is 0 Å². The monoisotopic (exact) mass is 191 g/mol. The van der Waals surface area contributed by atoms with Crippen LogP contribution in [0, 0.1) is 5.92 Å². The zero-order valence-electron chi connectivity index (χ0n) is 7.92. The number of nitrogens with one attached hydrogen (secondary N) is 2. The van der Waals surface area contributed by atoms with Gasteiger partial charge in [-0.05, 0) is 12.8 Å². The van der Waals surface area contributed by atoms with Crippen molar-refractivity contribution < 1.29 is 4.79 Å². The van der Waals surface area contributed by atoms with Crippen molar-refractivity contribution in [1.82, 2.24) is 10.9 Å². The van der Waals surface area contributed by atoms with Crippen LogP contribution in [-0.2, 0) is 4.79 Å². The van der Waals surface area contributed by atoms with Gasteiger partial charge >= 0.3 is 0 Å². The average molecular weight is 191 g/mol. The van der Waals surface area contributed by atoms with E-state index >= 15 is 0 Å². The Morgan fingerprint density at radius 3 is 3.36 bits per heavy atom. The summed E-state index contributed by atoms with van der Waals surface area (Å²) in [4.78, 5) is 16.3. The predicted octanol–water partition coefficient (Wildman–Crippen LogP) is 0.170. The minimum Gasteiger partial charge on any atom is -0.327 e. The Labute approximate surface area is 82.4 Å². The minimum absolute atomic E-state index is 0.136. The molecule has 0 aromatic heterocycles. The first kappa shape index (κ1) is 8.17. The Hall–Kier alpha value is -1.16. The number of nitrogens with zero attached hydrogens (tertiary/aromatic N) is 1. The van der Waals surface area contributed by atoms with Gasteiger partial charge < -0.3 is 5.43 Å². The van der Waals surface area contributed by atoms with Crippen LogP contribution in [0.15, 0.2) is 16.8 Å². The third-order valence-corrected chi connectivity index (χ3v) is 3.21. The molecule has 0 bridgehead atoms. The molecular formula is C10H13N3O. The molecule has 0 aromatic rings. The first-order valence-electron chi connectivity index (χ1n) is 5.15. The fourth-order valence-electron chi connectivity index (χ4n) is 2.53. The van der Waals surface area contributed by atoms with Gasteiger partial charge in [0.05, 0.1) is 0 Å². The Morgan fingerprint density at radius 1 is 1.50 bits per heavy atom. The molecule has 2 heterocycles. The van der Waals surface area contributed by atoms with E-state index in [9.17, 15) is 4.79 Å². The number of fused-ring (bicyclic) bond motifs is 3. The molecule has 0 amide bonds. The van der Waals surface area contributed by atoms with Gasteiger partial charge in [-0.15, -0.1) is 0 Å². The molecule has 2 aliphatic heterocycles. The number of aliphatic imine (C=N–C) groups is 1. The lowest BCUT2D eigenvalue weighted by Gasteiger charge is -2.30. The summed E-state index contributed by atoms with van der Waals surface area (Å²) in [7, 11) is 0. The van der Waals surface area contributed by atoms with Crippen molar-refractivity contribution in [2.24, 2.45) is 10.9 Å². The maximum absolute atomic E-state index is 11.7. The van der Waals surface area contributed by atoms with Crippen molar-refractivity contribution >= 4 is 11.5 Å². The lowest BCUT2D eigenvalue weighted by atomic mass is 9.77. The van der Waals surface area contributed by atoms with E-state index in [1.165, 1.54) is 5.71 Å². The van der Waals surface area contributed by atoms with Gasteiger partial charge in [-0.25, -0.2) is 5.43 Å². The number of carbonyl (C=O) groups is 1. The fourth-order valence-corrected chi connectivity index (χ4v) is 2.53. The summed E-state index contributed by atoms with van der Waals surface area (Å²) in [5.74, 6) is 0.688. The first-order valence-corrected chi connectivity index (χ1v) is 5.15. The van der Waals surface area contributed by atoms with Gasteiger partial charge in [0.15, 0.2) is 5.78 Å². The van der Waals surface area contributed by atoms with E-state index in [2.05, 4.69) is 15.8 Å². The highest BCUT2D eigenvalue weighted by Gasteiger charge is 2.39. The number of hydrazine groups is 1. The molecule has 3 rings (SSSR count). The fraction of sp³-hybridized carbons (Fsp3) is 0.600. The predicted molar refractivity (Wildman–Crippen MR) is 52.8 cm³/mol.